The molecule has 96 valence electrons. The first-order valence-corrected chi connectivity index (χ1v) is 6.10. The van der Waals surface area contributed by atoms with Gasteiger partial charge in [-0.15, -0.1) is 0 Å². The molecule has 0 N–H and O–H groups in total. The van der Waals surface area contributed by atoms with Crippen molar-refractivity contribution in [3.8, 4) is 0 Å². The Morgan fingerprint density at radius 2 is 1.82 bits per heavy atom. The van der Waals surface area contributed by atoms with Crippen LogP contribution in [-0.2, 0) is 10.1 Å². The van der Waals surface area contributed by atoms with Crippen molar-refractivity contribution < 1.29 is 30.5 Å². The Morgan fingerprint density at radius 1 is 1.24 bits per heavy atom. The van der Waals surface area contributed by atoms with Crippen molar-refractivity contribution in [1.82, 2.24) is 0 Å². The van der Waals surface area contributed by atoms with Crippen molar-refractivity contribution >= 4 is 10.1 Å². The molecular weight excluding hydrogens is 264 g/mol. The SMILES string of the molecule is O=S(=O)([O-])C(F)(F)C(F)(F)C1=CC2C=CC1C2. The van der Waals surface area contributed by atoms with Gasteiger partial charge in [-0.3, -0.25) is 0 Å². The van der Waals surface area contributed by atoms with Gasteiger partial charge in [-0.25, -0.2) is 8.42 Å². The summed E-state index contributed by atoms with van der Waals surface area (Å²) >= 11 is 0. The van der Waals surface area contributed by atoms with Crippen LogP contribution >= 0.6 is 0 Å². The van der Waals surface area contributed by atoms with Gasteiger partial charge in [0.05, 0.1) is 0 Å². The zero-order valence-electron chi connectivity index (χ0n) is 8.24. The molecule has 0 spiro atoms. The summed E-state index contributed by atoms with van der Waals surface area (Å²) in [7, 11) is -6.41. The number of rotatable bonds is 3. The van der Waals surface area contributed by atoms with E-state index in [0.717, 1.165) is 6.08 Å². The highest BCUT2D eigenvalue weighted by Crippen LogP contribution is 2.52. The van der Waals surface area contributed by atoms with Crippen molar-refractivity contribution in [3.05, 3.63) is 23.8 Å². The van der Waals surface area contributed by atoms with Gasteiger partial charge in [0.25, 0.3) is 0 Å². The molecule has 0 heterocycles. The Labute approximate surface area is 94.6 Å². The van der Waals surface area contributed by atoms with Gasteiger partial charge in [0, 0.05) is 11.5 Å². The van der Waals surface area contributed by atoms with Gasteiger partial charge in [0.15, 0.2) is 10.1 Å². The normalized spacial score (nSPS) is 28.6. The van der Waals surface area contributed by atoms with Crippen LogP contribution in [0.4, 0.5) is 17.6 Å². The summed E-state index contributed by atoms with van der Waals surface area (Å²) in [4.78, 5) is 0. The first-order valence-electron chi connectivity index (χ1n) is 4.69. The van der Waals surface area contributed by atoms with Crippen molar-refractivity contribution in [2.45, 2.75) is 17.6 Å². The molecule has 2 rings (SSSR count). The minimum absolute atomic E-state index is 0.222. The summed E-state index contributed by atoms with van der Waals surface area (Å²) in [5.74, 6) is -6.26. The lowest BCUT2D eigenvalue weighted by atomic mass is 9.97. The molecule has 0 aromatic rings. The van der Waals surface area contributed by atoms with E-state index in [-0.39, 0.29) is 12.3 Å². The van der Waals surface area contributed by atoms with Gasteiger partial charge in [0.1, 0.15) is 0 Å². The molecule has 0 aromatic heterocycles. The Balaban J connectivity index is 2.42. The number of hydrogen-bond acceptors (Lipinski definition) is 3. The molecule has 8 heteroatoms. The fraction of sp³-hybridized carbons (Fsp3) is 0.556. The molecule has 2 bridgehead atoms. The maximum atomic E-state index is 13.4. The molecule has 3 nitrogen and oxygen atoms in total. The molecule has 2 aliphatic rings. The standard InChI is InChI=1S/C9H8F4O3S/c10-8(11,9(12,13)17(14,15)16)7-4-5-1-2-6(7)3-5/h1-2,4-6H,3H2,(H,14,15,16)/p-1. The van der Waals surface area contributed by atoms with E-state index in [1.165, 1.54) is 6.08 Å². The van der Waals surface area contributed by atoms with E-state index in [2.05, 4.69) is 0 Å². The first-order chi connectivity index (χ1) is 7.57. The quantitative estimate of drug-likeness (QED) is 0.447. The van der Waals surface area contributed by atoms with Crippen molar-refractivity contribution in [3.63, 3.8) is 0 Å². The van der Waals surface area contributed by atoms with Crippen LogP contribution in [0.15, 0.2) is 23.8 Å². The number of alkyl halides is 4. The van der Waals surface area contributed by atoms with Crippen molar-refractivity contribution in [2.24, 2.45) is 11.8 Å². The summed E-state index contributed by atoms with van der Waals surface area (Å²) in [6.45, 7) is 0. The Kier molecular flexibility index (Phi) is 2.45. The highest BCUT2D eigenvalue weighted by molar-refractivity contribution is 7.86. The summed E-state index contributed by atoms with van der Waals surface area (Å²) in [5.41, 5.74) is -0.977. The molecule has 0 radical (unpaired) electrons. The second-order valence-electron chi connectivity index (χ2n) is 4.06. The van der Waals surface area contributed by atoms with Crippen LogP contribution in [-0.4, -0.2) is 24.1 Å². The minimum atomic E-state index is -6.41. The number of hydrogen-bond donors (Lipinski definition) is 0. The van der Waals surface area contributed by atoms with Crippen LogP contribution in [0.3, 0.4) is 0 Å². The van der Waals surface area contributed by atoms with E-state index < -0.39 is 32.8 Å². The number of allylic oxidation sites excluding steroid dienone is 4. The zero-order valence-corrected chi connectivity index (χ0v) is 9.06. The molecule has 2 unspecified atom stereocenters. The second-order valence-corrected chi connectivity index (χ2v) is 5.48. The number of halogens is 4. The monoisotopic (exact) mass is 271 g/mol. The molecule has 0 saturated heterocycles. The smallest absolute Gasteiger partial charge is 0.400 e. The largest absolute Gasteiger partial charge is 0.743 e. The third kappa shape index (κ3) is 1.61. The summed E-state index contributed by atoms with van der Waals surface area (Å²) in [5, 5.41) is -5.62. The topological polar surface area (TPSA) is 57.2 Å². The van der Waals surface area contributed by atoms with Crippen LogP contribution in [0.1, 0.15) is 6.42 Å². The van der Waals surface area contributed by atoms with E-state index in [4.69, 9.17) is 0 Å². The average Bonchev–Trinajstić information content (AvgIpc) is 2.76. The minimum Gasteiger partial charge on any atom is -0.743 e. The lowest BCUT2D eigenvalue weighted by Crippen LogP contribution is -2.48. The molecule has 0 amide bonds. The van der Waals surface area contributed by atoms with Gasteiger partial charge in [-0.2, -0.15) is 17.6 Å². The fourth-order valence-electron chi connectivity index (χ4n) is 2.10. The predicted octanol–water partition coefficient (Wildman–Crippen LogP) is 1.89. The molecule has 0 saturated carbocycles. The Morgan fingerprint density at radius 3 is 2.18 bits per heavy atom. The van der Waals surface area contributed by atoms with E-state index in [9.17, 15) is 30.5 Å². The highest BCUT2D eigenvalue weighted by Gasteiger charge is 2.65. The second kappa shape index (κ2) is 3.32. The third-order valence-electron chi connectivity index (χ3n) is 2.95. The van der Waals surface area contributed by atoms with Gasteiger partial charge in [-0.1, -0.05) is 18.2 Å². The van der Waals surface area contributed by atoms with Gasteiger partial charge < -0.3 is 4.55 Å². The van der Waals surface area contributed by atoms with Gasteiger partial charge in [0.2, 0.25) is 0 Å². The van der Waals surface area contributed by atoms with E-state index in [0.29, 0.717) is 0 Å². The molecule has 0 aliphatic heterocycles. The summed E-state index contributed by atoms with van der Waals surface area (Å²) in [6.07, 6.45) is 4.03. The molecule has 2 atom stereocenters. The molecule has 17 heavy (non-hydrogen) atoms. The van der Waals surface area contributed by atoms with E-state index in [1.54, 1.807) is 6.08 Å². The van der Waals surface area contributed by atoms with Crippen LogP contribution in [0, 0.1) is 11.8 Å². The lowest BCUT2D eigenvalue weighted by Gasteiger charge is -2.31. The molecule has 2 aliphatic carbocycles. The Bertz CT molecular complexity index is 506. The zero-order chi connectivity index (χ0) is 13.1. The Hall–Kier alpha value is -0.890. The number of fused-ring (bicyclic) bond motifs is 2. The van der Waals surface area contributed by atoms with Crippen LogP contribution in [0.25, 0.3) is 0 Å². The van der Waals surface area contributed by atoms with Crippen LogP contribution in [0.2, 0.25) is 0 Å². The van der Waals surface area contributed by atoms with Crippen LogP contribution in [0.5, 0.6) is 0 Å². The maximum Gasteiger partial charge on any atom is 0.400 e. The van der Waals surface area contributed by atoms with Crippen molar-refractivity contribution in [1.29, 1.82) is 0 Å². The summed E-state index contributed by atoms with van der Waals surface area (Å²) < 4.78 is 83.5. The fourth-order valence-corrected chi connectivity index (χ4v) is 2.53. The maximum absolute atomic E-state index is 13.4. The molecule has 0 fully saturated rings. The molecular formula is C9H7F4O3S-. The van der Waals surface area contributed by atoms with Gasteiger partial charge in [-0.05, 0) is 12.3 Å². The van der Waals surface area contributed by atoms with Crippen LogP contribution < -0.4 is 0 Å². The lowest BCUT2D eigenvalue weighted by molar-refractivity contribution is -0.137. The van der Waals surface area contributed by atoms with Crippen molar-refractivity contribution in [2.75, 3.05) is 0 Å². The van der Waals surface area contributed by atoms with E-state index >= 15 is 0 Å². The average molecular weight is 271 g/mol. The first kappa shape index (κ1) is 12.6. The highest BCUT2D eigenvalue weighted by atomic mass is 32.2. The third-order valence-corrected chi connectivity index (χ3v) is 3.84. The predicted molar refractivity (Wildman–Crippen MR) is 48.4 cm³/mol. The van der Waals surface area contributed by atoms with E-state index in [1.807, 2.05) is 0 Å². The molecule has 0 aromatic carbocycles. The van der Waals surface area contributed by atoms with Gasteiger partial charge >= 0.3 is 11.2 Å². The summed E-state index contributed by atoms with van der Waals surface area (Å²) in [6, 6.07) is 0.